The van der Waals surface area contributed by atoms with Crippen LogP contribution in [0.4, 0.5) is 11.4 Å². The Balaban J connectivity index is 1.82. The maximum absolute atomic E-state index is 5.73. The zero-order valence-corrected chi connectivity index (χ0v) is 13.4. The highest BCUT2D eigenvalue weighted by atomic mass is 16.6. The molecule has 0 atom stereocenters. The van der Waals surface area contributed by atoms with Crippen molar-refractivity contribution < 1.29 is 18.9 Å². The first-order chi connectivity index (χ1) is 11.9. The van der Waals surface area contributed by atoms with Gasteiger partial charge in [0.25, 0.3) is 0 Å². The van der Waals surface area contributed by atoms with Crippen LogP contribution in [0.15, 0.2) is 58.8 Å². The molecule has 6 heteroatoms. The smallest absolute Gasteiger partial charge is 0.146 e. The number of para-hydroxylation sites is 2. The van der Waals surface area contributed by atoms with Crippen LogP contribution in [0.1, 0.15) is 0 Å². The summed E-state index contributed by atoms with van der Waals surface area (Å²) >= 11 is 0. The molecule has 0 saturated carbocycles. The summed E-state index contributed by atoms with van der Waals surface area (Å²) in [7, 11) is 0. The average molecular weight is 328 g/mol. The van der Waals surface area contributed by atoms with Gasteiger partial charge in [-0.15, -0.1) is 10.2 Å². The normalized spacial score (nSPS) is 16.3. The lowest BCUT2D eigenvalue weighted by atomic mass is 10.3. The van der Waals surface area contributed by atoms with Crippen LogP contribution in [0, 0.1) is 0 Å². The molecule has 6 nitrogen and oxygen atoms in total. The van der Waals surface area contributed by atoms with Gasteiger partial charge in [0.15, 0.2) is 0 Å². The summed E-state index contributed by atoms with van der Waals surface area (Å²) in [6, 6.07) is 15.1. The molecule has 0 saturated heterocycles. The van der Waals surface area contributed by atoms with Crippen LogP contribution in [-0.4, -0.2) is 39.6 Å². The second-order valence-corrected chi connectivity index (χ2v) is 5.06. The van der Waals surface area contributed by atoms with Crippen LogP contribution >= 0.6 is 0 Å². The fourth-order valence-electron chi connectivity index (χ4n) is 2.17. The van der Waals surface area contributed by atoms with Crippen molar-refractivity contribution in [1.29, 1.82) is 0 Å². The summed E-state index contributed by atoms with van der Waals surface area (Å²) < 4.78 is 22.4. The number of fused-ring (bicyclic) bond motifs is 2. The highest BCUT2D eigenvalue weighted by Gasteiger charge is 2.05. The Bertz CT molecular complexity index is 618. The molecule has 0 bridgehead atoms. The molecule has 24 heavy (non-hydrogen) atoms. The Kier molecular flexibility index (Phi) is 6.16. The van der Waals surface area contributed by atoms with E-state index in [1.807, 2.05) is 48.5 Å². The van der Waals surface area contributed by atoms with Crippen LogP contribution < -0.4 is 9.47 Å². The van der Waals surface area contributed by atoms with Crippen LogP contribution in [0.3, 0.4) is 0 Å². The van der Waals surface area contributed by atoms with E-state index >= 15 is 0 Å². The molecule has 2 aromatic rings. The fraction of sp³-hybridized carbons (Fsp3) is 0.333. The van der Waals surface area contributed by atoms with Gasteiger partial charge in [-0.3, -0.25) is 0 Å². The summed E-state index contributed by atoms with van der Waals surface area (Å²) in [5.74, 6) is 1.35. The number of rotatable bonds is 0. The van der Waals surface area contributed by atoms with E-state index in [2.05, 4.69) is 10.2 Å². The molecule has 0 spiro atoms. The Morgan fingerprint density at radius 1 is 0.542 bits per heavy atom. The summed E-state index contributed by atoms with van der Waals surface area (Å²) in [5.41, 5.74) is 1.34. The molecule has 3 rings (SSSR count). The van der Waals surface area contributed by atoms with E-state index < -0.39 is 0 Å². The Hall–Kier alpha value is -2.44. The third-order valence-corrected chi connectivity index (χ3v) is 3.34. The molecule has 0 fully saturated rings. The van der Waals surface area contributed by atoms with Gasteiger partial charge in [-0.2, -0.15) is 0 Å². The van der Waals surface area contributed by atoms with Gasteiger partial charge in [-0.25, -0.2) is 0 Å². The number of hydrogen-bond donors (Lipinski definition) is 0. The maximum atomic E-state index is 5.73. The molecular weight excluding hydrogens is 308 g/mol. The van der Waals surface area contributed by atoms with Gasteiger partial charge in [0.05, 0.1) is 26.4 Å². The molecule has 1 aliphatic heterocycles. The Morgan fingerprint density at radius 2 is 0.958 bits per heavy atom. The summed E-state index contributed by atoms with van der Waals surface area (Å²) in [5, 5.41) is 8.61. The van der Waals surface area contributed by atoms with E-state index in [0.29, 0.717) is 62.5 Å². The minimum atomic E-state index is 0.451. The highest BCUT2D eigenvalue weighted by molar-refractivity contribution is 5.54. The van der Waals surface area contributed by atoms with E-state index in [4.69, 9.17) is 18.9 Å². The van der Waals surface area contributed by atoms with Gasteiger partial charge in [0.1, 0.15) is 36.1 Å². The number of ether oxygens (including phenoxy) is 4. The first kappa shape index (κ1) is 16.4. The van der Waals surface area contributed by atoms with E-state index in [9.17, 15) is 0 Å². The molecule has 0 N–H and O–H groups in total. The molecular formula is C18H20N2O4. The van der Waals surface area contributed by atoms with Crippen LogP contribution in [0.2, 0.25) is 0 Å². The van der Waals surface area contributed by atoms with Crippen molar-refractivity contribution in [2.75, 3.05) is 39.6 Å². The molecule has 2 aromatic carbocycles. The van der Waals surface area contributed by atoms with Gasteiger partial charge in [0, 0.05) is 0 Å². The highest BCUT2D eigenvalue weighted by Crippen LogP contribution is 2.32. The zero-order chi connectivity index (χ0) is 16.5. The van der Waals surface area contributed by atoms with Crippen molar-refractivity contribution in [3.63, 3.8) is 0 Å². The van der Waals surface area contributed by atoms with Gasteiger partial charge in [0.2, 0.25) is 0 Å². The van der Waals surface area contributed by atoms with Gasteiger partial charge >= 0.3 is 0 Å². The quantitative estimate of drug-likeness (QED) is 0.735. The van der Waals surface area contributed by atoms with Crippen LogP contribution in [-0.2, 0) is 9.47 Å². The van der Waals surface area contributed by atoms with Crippen molar-refractivity contribution in [1.82, 2.24) is 0 Å². The molecule has 0 amide bonds. The minimum Gasteiger partial charge on any atom is -0.489 e. The van der Waals surface area contributed by atoms with Crippen molar-refractivity contribution >= 4 is 11.4 Å². The van der Waals surface area contributed by atoms with E-state index in [1.54, 1.807) is 0 Å². The van der Waals surface area contributed by atoms with E-state index in [0.717, 1.165) is 0 Å². The Morgan fingerprint density at radius 3 is 1.46 bits per heavy atom. The molecule has 0 aliphatic carbocycles. The lowest BCUT2D eigenvalue weighted by Gasteiger charge is -2.11. The molecule has 126 valence electrons. The van der Waals surface area contributed by atoms with Gasteiger partial charge in [-0.05, 0) is 24.3 Å². The Labute approximate surface area is 141 Å². The SMILES string of the molecule is c1ccc2c(c1)N=Nc1ccccc1OCCOCCOCCO2. The van der Waals surface area contributed by atoms with Crippen molar-refractivity contribution in [3.05, 3.63) is 48.5 Å². The third kappa shape index (κ3) is 4.78. The zero-order valence-electron chi connectivity index (χ0n) is 13.4. The largest absolute Gasteiger partial charge is 0.489 e. The van der Waals surface area contributed by atoms with Crippen molar-refractivity contribution in [2.24, 2.45) is 10.2 Å². The first-order valence-corrected chi connectivity index (χ1v) is 7.94. The van der Waals surface area contributed by atoms with Crippen molar-refractivity contribution in [3.8, 4) is 11.5 Å². The van der Waals surface area contributed by atoms with E-state index in [-0.39, 0.29) is 0 Å². The lowest BCUT2D eigenvalue weighted by Crippen LogP contribution is -2.13. The lowest BCUT2D eigenvalue weighted by molar-refractivity contribution is 0.0274. The van der Waals surface area contributed by atoms with Crippen LogP contribution in [0.5, 0.6) is 11.5 Å². The van der Waals surface area contributed by atoms with Crippen LogP contribution in [0.25, 0.3) is 0 Å². The topological polar surface area (TPSA) is 61.6 Å². The molecule has 1 heterocycles. The second-order valence-electron chi connectivity index (χ2n) is 5.06. The van der Waals surface area contributed by atoms with E-state index in [1.165, 1.54) is 0 Å². The second kappa shape index (κ2) is 9.00. The average Bonchev–Trinajstić information content (AvgIpc) is 2.62. The maximum Gasteiger partial charge on any atom is 0.146 e. The monoisotopic (exact) mass is 328 g/mol. The van der Waals surface area contributed by atoms with Gasteiger partial charge < -0.3 is 18.9 Å². The number of hydrogen-bond acceptors (Lipinski definition) is 6. The summed E-state index contributed by atoms with van der Waals surface area (Å²) in [6.07, 6.45) is 0. The summed E-state index contributed by atoms with van der Waals surface area (Å²) in [4.78, 5) is 0. The number of benzene rings is 2. The number of azo groups is 1. The molecule has 1 aliphatic rings. The third-order valence-electron chi connectivity index (χ3n) is 3.34. The number of nitrogens with zero attached hydrogens (tertiary/aromatic N) is 2. The fourth-order valence-corrected chi connectivity index (χ4v) is 2.17. The molecule has 0 aromatic heterocycles. The first-order valence-electron chi connectivity index (χ1n) is 7.94. The van der Waals surface area contributed by atoms with Crippen molar-refractivity contribution in [2.45, 2.75) is 0 Å². The predicted molar refractivity (Wildman–Crippen MR) is 89.7 cm³/mol. The minimum absolute atomic E-state index is 0.451. The predicted octanol–water partition coefficient (Wildman–Crippen LogP) is 3.91. The van der Waals surface area contributed by atoms with Gasteiger partial charge in [-0.1, -0.05) is 24.3 Å². The standard InChI is InChI=1S/C18H20N2O4/c1-3-7-17-15(5-1)19-20-16-6-2-4-8-18(16)24-14-12-22-10-9-21-11-13-23-17/h1-8H,9-14H2. The molecule has 0 radical (unpaired) electrons. The summed E-state index contributed by atoms with van der Waals surface area (Å²) in [6.45, 7) is 2.95. The molecule has 0 unspecified atom stereocenters.